The van der Waals surface area contributed by atoms with E-state index in [1.165, 1.54) is 17.0 Å². The minimum atomic E-state index is -0.372. The van der Waals surface area contributed by atoms with Gasteiger partial charge in [-0.2, -0.15) is 0 Å². The molecule has 0 saturated carbocycles. The number of carbonyl (C=O) groups excluding carboxylic acids is 2. The highest BCUT2D eigenvalue weighted by Crippen LogP contribution is 2.18. The lowest BCUT2D eigenvalue weighted by Crippen LogP contribution is -2.51. The highest BCUT2D eigenvalue weighted by molar-refractivity contribution is 6.04. The van der Waals surface area contributed by atoms with Crippen molar-refractivity contribution < 1.29 is 14.0 Å². The smallest absolute Gasteiger partial charge is 0.325 e. The van der Waals surface area contributed by atoms with E-state index in [1.807, 2.05) is 6.92 Å². The van der Waals surface area contributed by atoms with Gasteiger partial charge in [-0.1, -0.05) is 13.3 Å². The van der Waals surface area contributed by atoms with E-state index in [9.17, 15) is 14.0 Å². The molecule has 130 valence electrons. The average molecular weight is 334 g/mol. The number of piperazine rings is 1. The van der Waals surface area contributed by atoms with Crippen LogP contribution in [0.25, 0.3) is 0 Å². The fourth-order valence-corrected chi connectivity index (χ4v) is 3.19. The number of halogens is 1. The lowest BCUT2D eigenvalue weighted by molar-refractivity contribution is -0.129. The third-order valence-electron chi connectivity index (χ3n) is 4.59. The summed E-state index contributed by atoms with van der Waals surface area (Å²) in [7, 11) is 0. The minimum absolute atomic E-state index is 0.122. The Labute approximate surface area is 141 Å². The van der Waals surface area contributed by atoms with Gasteiger partial charge in [0.1, 0.15) is 11.9 Å². The Morgan fingerprint density at radius 2 is 1.79 bits per heavy atom. The molecule has 1 atom stereocenters. The molecular weight excluding hydrogens is 311 g/mol. The fourth-order valence-electron chi connectivity index (χ4n) is 3.19. The Morgan fingerprint density at radius 3 is 2.42 bits per heavy atom. The molecular formula is C17H23FN4O2. The van der Waals surface area contributed by atoms with Crippen LogP contribution in [0.2, 0.25) is 0 Å². The van der Waals surface area contributed by atoms with Crippen LogP contribution in [0.5, 0.6) is 0 Å². The zero-order chi connectivity index (χ0) is 17.1. The van der Waals surface area contributed by atoms with E-state index in [2.05, 4.69) is 15.1 Å². The van der Waals surface area contributed by atoms with E-state index in [0.29, 0.717) is 13.1 Å². The van der Waals surface area contributed by atoms with Gasteiger partial charge in [-0.15, -0.1) is 0 Å². The minimum Gasteiger partial charge on any atom is -0.369 e. The molecule has 0 aliphatic carbocycles. The monoisotopic (exact) mass is 334 g/mol. The van der Waals surface area contributed by atoms with Gasteiger partial charge in [0.2, 0.25) is 0 Å². The van der Waals surface area contributed by atoms with Crippen molar-refractivity contribution in [2.75, 3.05) is 37.7 Å². The number of hydrogen-bond acceptors (Lipinski definition) is 4. The van der Waals surface area contributed by atoms with Crippen molar-refractivity contribution in [1.82, 2.24) is 15.1 Å². The normalized spacial score (nSPS) is 22.2. The zero-order valence-corrected chi connectivity index (χ0v) is 13.9. The summed E-state index contributed by atoms with van der Waals surface area (Å²) in [6, 6.07) is 5.81. The number of amides is 3. The first-order chi connectivity index (χ1) is 11.6. The van der Waals surface area contributed by atoms with Crippen LogP contribution in [0.4, 0.5) is 14.9 Å². The molecule has 2 saturated heterocycles. The molecule has 3 amide bonds. The zero-order valence-electron chi connectivity index (χ0n) is 13.9. The van der Waals surface area contributed by atoms with E-state index in [-0.39, 0.29) is 23.8 Å². The standard InChI is InChI=1S/C17H23FN4O2/c1-2-3-15-16(23)22(17(24)19-15)12-20-8-10-21(11-9-20)14-6-4-13(18)5-7-14/h4-7,15H,2-3,8-12H2,1H3,(H,19,24)/t15-/m1/s1. The molecule has 6 nitrogen and oxygen atoms in total. The molecule has 0 unspecified atom stereocenters. The molecule has 1 aromatic rings. The summed E-state index contributed by atoms with van der Waals surface area (Å²) in [5.74, 6) is -0.361. The van der Waals surface area contributed by atoms with Crippen LogP contribution >= 0.6 is 0 Å². The maximum absolute atomic E-state index is 13.0. The summed E-state index contributed by atoms with van der Waals surface area (Å²) in [5.41, 5.74) is 0.994. The summed E-state index contributed by atoms with van der Waals surface area (Å²) in [6.07, 6.45) is 1.54. The van der Waals surface area contributed by atoms with E-state index >= 15 is 0 Å². The molecule has 2 heterocycles. The number of urea groups is 1. The van der Waals surface area contributed by atoms with Crippen LogP contribution < -0.4 is 10.2 Å². The van der Waals surface area contributed by atoms with Gasteiger partial charge in [-0.3, -0.25) is 9.69 Å². The largest absolute Gasteiger partial charge is 0.369 e. The van der Waals surface area contributed by atoms with Crippen molar-refractivity contribution in [1.29, 1.82) is 0 Å². The Balaban J connectivity index is 1.53. The van der Waals surface area contributed by atoms with Crippen molar-refractivity contribution in [3.8, 4) is 0 Å². The SMILES string of the molecule is CCC[C@H]1NC(=O)N(CN2CCN(c3ccc(F)cc3)CC2)C1=O. The van der Waals surface area contributed by atoms with Crippen molar-refractivity contribution in [3.05, 3.63) is 30.1 Å². The molecule has 2 fully saturated rings. The number of nitrogens with zero attached hydrogens (tertiary/aromatic N) is 3. The molecule has 3 rings (SSSR count). The van der Waals surface area contributed by atoms with Crippen LogP contribution in [0.3, 0.4) is 0 Å². The Hall–Kier alpha value is -2.15. The average Bonchev–Trinajstić information content (AvgIpc) is 2.84. The first-order valence-corrected chi connectivity index (χ1v) is 8.43. The number of anilines is 1. The molecule has 1 aromatic carbocycles. The molecule has 2 aliphatic heterocycles. The summed E-state index contributed by atoms with van der Waals surface area (Å²) in [6.45, 7) is 5.42. The van der Waals surface area contributed by atoms with Crippen LogP contribution in [0, 0.1) is 5.82 Å². The lowest BCUT2D eigenvalue weighted by Gasteiger charge is -2.37. The summed E-state index contributed by atoms with van der Waals surface area (Å²) < 4.78 is 13.0. The van der Waals surface area contributed by atoms with Crippen molar-refractivity contribution in [2.24, 2.45) is 0 Å². The lowest BCUT2D eigenvalue weighted by atomic mass is 10.2. The highest BCUT2D eigenvalue weighted by Gasteiger charge is 2.38. The van der Waals surface area contributed by atoms with Gasteiger partial charge in [0, 0.05) is 31.9 Å². The quantitative estimate of drug-likeness (QED) is 0.832. The number of rotatable bonds is 5. The number of carbonyl (C=O) groups is 2. The second-order valence-corrected chi connectivity index (χ2v) is 6.28. The molecule has 2 aliphatic rings. The van der Waals surface area contributed by atoms with Crippen LogP contribution in [-0.4, -0.2) is 60.6 Å². The van der Waals surface area contributed by atoms with E-state index in [1.54, 1.807) is 12.1 Å². The second-order valence-electron chi connectivity index (χ2n) is 6.28. The molecule has 0 spiro atoms. The molecule has 0 radical (unpaired) electrons. The van der Waals surface area contributed by atoms with Crippen LogP contribution in [-0.2, 0) is 4.79 Å². The maximum atomic E-state index is 13.0. The van der Waals surface area contributed by atoms with Crippen molar-refractivity contribution in [2.45, 2.75) is 25.8 Å². The van der Waals surface area contributed by atoms with Gasteiger partial charge in [0.25, 0.3) is 5.91 Å². The first-order valence-electron chi connectivity index (χ1n) is 8.43. The second kappa shape index (κ2) is 7.17. The number of nitrogens with one attached hydrogen (secondary N) is 1. The van der Waals surface area contributed by atoms with Crippen molar-refractivity contribution >= 4 is 17.6 Å². The number of hydrogen-bond donors (Lipinski definition) is 1. The summed E-state index contributed by atoms with van der Waals surface area (Å²) >= 11 is 0. The first kappa shape index (κ1) is 16.7. The van der Waals surface area contributed by atoms with Gasteiger partial charge in [0.15, 0.2) is 0 Å². The van der Waals surface area contributed by atoms with E-state index in [4.69, 9.17) is 0 Å². The van der Waals surface area contributed by atoms with E-state index in [0.717, 1.165) is 38.3 Å². The third kappa shape index (κ3) is 3.51. The van der Waals surface area contributed by atoms with Crippen molar-refractivity contribution in [3.63, 3.8) is 0 Å². The Bertz CT molecular complexity index is 599. The molecule has 24 heavy (non-hydrogen) atoms. The molecule has 0 aromatic heterocycles. The van der Waals surface area contributed by atoms with Gasteiger partial charge in [-0.05, 0) is 30.7 Å². The highest BCUT2D eigenvalue weighted by atomic mass is 19.1. The fraction of sp³-hybridized carbons (Fsp3) is 0.529. The van der Waals surface area contributed by atoms with Crippen LogP contribution in [0.15, 0.2) is 24.3 Å². The van der Waals surface area contributed by atoms with Gasteiger partial charge in [-0.25, -0.2) is 14.1 Å². The number of imide groups is 1. The topological polar surface area (TPSA) is 55.9 Å². The van der Waals surface area contributed by atoms with Gasteiger partial charge in [0.05, 0.1) is 6.67 Å². The third-order valence-corrected chi connectivity index (χ3v) is 4.59. The molecule has 0 bridgehead atoms. The summed E-state index contributed by atoms with van der Waals surface area (Å²) in [5, 5.41) is 2.75. The Kier molecular flexibility index (Phi) is 4.99. The summed E-state index contributed by atoms with van der Waals surface area (Å²) in [4.78, 5) is 29.8. The van der Waals surface area contributed by atoms with Crippen LogP contribution in [0.1, 0.15) is 19.8 Å². The predicted molar refractivity (Wildman–Crippen MR) is 89.1 cm³/mol. The number of benzene rings is 1. The predicted octanol–water partition coefficient (Wildman–Crippen LogP) is 1.63. The maximum Gasteiger partial charge on any atom is 0.325 e. The van der Waals surface area contributed by atoms with Gasteiger partial charge < -0.3 is 10.2 Å². The molecule has 1 N–H and O–H groups in total. The van der Waals surface area contributed by atoms with E-state index < -0.39 is 0 Å². The van der Waals surface area contributed by atoms with Gasteiger partial charge >= 0.3 is 6.03 Å². The Morgan fingerprint density at radius 1 is 1.12 bits per heavy atom. The molecule has 7 heteroatoms.